The fourth-order valence-corrected chi connectivity index (χ4v) is 5.51. The second-order valence-corrected chi connectivity index (χ2v) is 11.3. The van der Waals surface area contributed by atoms with E-state index in [4.69, 9.17) is 0 Å². The lowest BCUT2D eigenvalue weighted by atomic mass is 10.1. The fraction of sp³-hybridized carbons (Fsp3) is 0.364. The van der Waals surface area contributed by atoms with E-state index in [1.165, 1.54) is 30.3 Å². The Morgan fingerprint density at radius 1 is 1.00 bits per heavy atom. The van der Waals surface area contributed by atoms with Gasteiger partial charge in [-0.15, -0.1) is 4.40 Å². The summed E-state index contributed by atoms with van der Waals surface area (Å²) in [7, 11) is -5.74. The molecule has 0 aromatic heterocycles. The SMILES string of the molecule is Cc1ccc(S(=O)(=O)NCCC(=O)Nc2ccc(S(=O)(=O)/N=C3\CCCN3C)cc2)cc1C. The number of carbonyl (C=O) groups is 1. The maximum absolute atomic E-state index is 12.5. The predicted octanol–water partition coefficient (Wildman–Crippen LogP) is 2.42. The first-order valence-electron chi connectivity index (χ1n) is 10.5. The van der Waals surface area contributed by atoms with Crippen molar-refractivity contribution in [2.75, 3.05) is 25.5 Å². The molecule has 1 aliphatic rings. The lowest BCUT2D eigenvalue weighted by Crippen LogP contribution is -2.28. The van der Waals surface area contributed by atoms with Crippen molar-refractivity contribution in [1.29, 1.82) is 0 Å². The second-order valence-electron chi connectivity index (χ2n) is 7.97. The number of amides is 1. The van der Waals surface area contributed by atoms with Crippen LogP contribution in [0.25, 0.3) is 0 Å². The third kappa shape index (κ3) is 6.40. The van der Waals surface area contributed by atoms with Crippen LogP contribution in [0.2, 0.25) is 0 Å². The molecule has 0 saturated carbocycles. The highest BCUT2D eigenvalue weighted by Crippen LogP contribution is 2.19. The average Bonchev–Trinajstić information content (AvgIpc) is 3.14. The van der Waals surface area contributed by atoms with Crippen LogP contribution in [0, 0.1) is 13.8 Å². The fourth-order valence-electron chi connectivity index (χ4n) is 3.30. The van der Waals surface area contributed by atoms with Crippen LogP contribution in [-0.2, 0) is 24.8 Å². The quantitative estimate of drug-likeness (QED) is 0.583. The zero-order chi connectivity index (χ0) is 24.2. The molecule has 178 valence electrons. The number of nitrogens with one attached hydrogen (secondary N) is 2. The molecular formula is C22H28N4O5S2. The number of hydrogen-bond acceptors (Lipinski definition) is 5. The first-order chi connectivity index (χ1) is 15.5. The topological polar surface area (TPSA) is 125 Å². The van der Waals surface area contributed by atoms with E-state index < -0.39 is 26.0 Å². The van der Waals surface area contributed by atoms with Crippen molar-refractivity contribution in [2.45, 2.75) is 42.9 Å². The van der Waals surface area contributed by atoms with Gasteiger partial charge >= 0.3 is 0 Å². The van der Waals surface area contributed by atoms with Crippen LogP contribution in [0.3, 0.4) is 0 Å². The third-order valence-corrected chi connectivity index (χ3v) is 8.21. The van der Waals surface area contributed by atoms with Gasteiger partial charge in [0.25, 0.3) is 10.0 Å². The summed E-state index contributed by atoms with van der Waals surface area (Å²) >= 11 is 0. The van der Waals surface area contributed by atoms with Crippen molar-refractivity contribution < 1.29 is 21.6 Å². The molecule has 0 bridgehead atoms. The molecule has 1 fully saturated rings. The highest BCUT2D eigenvalue weighted by Gasteiger charge is 2.20. The van der Waals surface area contributed by atoms with Gasteiger partial charge in [0.05, 0.1) is 9.79 Å². The highest BCUT2D eigenvalue weighted by molar-refractivity contribution is 7.90. The number of benzene rings is 2. The van der Waals surface area contributed by atoms with Gasteiger partial charge in [-0.25, -0.2) is 13.1 Å². The molecule has 1 aliphatic heterocycles. The maximum atomic E-state index is 12.5. The molecule has 0 atom stereocenters. The Morgan fingerprint density at radius 3 is 2.27 bits per heavy atom. The summed E-state index contributed by atoms with van der Waals surface area (Å²) in [4.78, 5) is 14.2. The Hall–Kier alpha value is -2.76. The van der Waals surface area contributed by atoms with Gasteiger partial charge in [0.2, 0.25) is 15.9 Å². The van der Waals surface area contributed by atoms with Crippen LogP contribution in [-0.4, -0.2) is 53.6 Å². The highest BCUT2D eigenvalue weighted by atomic mass is 32.2. The number of carbonyl (C=O) groups excluding carboxylic acids is 1. The summed E-state index contributed by atoms with van der Waals surface area (Å²) in [6, 6.07) is 10.6. The summed E-state index contributed by atoms with van der Waals surface area (Å²) in [5, 5.41) is 2.63. The number of hydrogen-bond donors (Lipinski definition) is 2. The first kappa shape index (κ1) is 24.9. The summed E-state index contributed by atoms with van der Waals surface area (Å²) in [5.74, 6) is 0.136. The van der Waals surface area contributed by atoms with E-state index in [1.54, 1.807) is 12.1 Å². The summed E-state index contributed by atoms with van der Waals surface area (Å²) < 4.78 is 56.1. The van der Waals surface area contributed by atoms with E-state index in [9.17, 15) is 21.6 Å². The molecule has 3 rings (SSSR count). The van der Waals surface area contributed by atoms with Crippen molar-refractivity contribution in [2.24, 2.45) is 4.40 Å². The van der Waals surface area contributed by atoms with Crippen molar-refractivity contribution in [3.63, 3.8) is 0 Å². The van der Waals surface area contributed by atoms with Crippen molar-refractivity contribution in [3.05, 3.63) is 53.6 Å². The van der Waals surface area contributed by atoms with E-state index in [-0.39, 0.29) is 22.8 Å². The van der Waals surface area contributed by atoms with Gasteiger partial charge < -0.3 is 10.2 Å². The monoisotopic (exact) mass is 492 g/mol. The van der Waals surface area contributed by atoms with Gasteiger partial charge in [-0.3, -0.25) is 4.79 Å². The zero-order valence-corrected chi connectivity index (χ0v) is 20.5. The number of sulfonamides is 2. The summed E-state index contributed by atoms with van der Waals surface area (Å²) in [6.07, 6.45) is 1.41. The van der Waals surface area contributed by atoms with Gasteiger partial charge in [-0.1, -0.05) is 6.07 Å². The minimum absolute atomic E-state index is 0.0365. The largest absolute Gasteiger partial charge is 0.362 e. The van der Waals surface area contributed by atoms with Crippen LogP contribution in [0.5, 0.6) is 0 Å². The lowest BCUT2D eigenvalue weighted by molar-refractivity contribution is -0.116. The standard InChI is InChI=1S/C22H28N4O5S2/c1-16-6-9-20(15-17(16)2)32(28,29)23-13-12-22(27)24-18-7-10-19(11-8-18)33(30,31)25-21-5-4-14-26(21)3/h6-11,15,23H,4-5,12-14H2,1-3H3,(H,24,27)/b25-21+. The van der Waals surface area contributed by atoms with E-state index >= 15 is 0 Å². The number of nitrogens with zero attached hydrogens (tertiary/aromatic N) is 2. The Labute approximate surface area is 195 Å². The number of anilines is 1. The average molecular weight is 493 g/mol. The molecule has 1 heterocycles. The van der Waals surface area contributed by atoms with Crippen LogP contribution >= 0.6 is 0 Å². The summed E-state index contributed by atoms with van der Waals surface area (Å²) in [5.41, 5.74) is 2.26. The summed E-state index contributed by atoms with van der Waals surface area (Å²) in [6.45, 7) is 4.44. The van der Waals surface area contributed by atoms with E-state index in [0.717, 1.165) is 24.1 Å². The van der Waals surface area contributed by atoms with Crippen LogP contribution in [0.4, 0.5) is 5.69 Å². The number of rotatable bonds is 8. The molecule has 33 heavy (non-hydrogen) atoms. The number of amidine groups is 1. The Balaban J connectivity index is 1.55. The molecule has 1 amide bonds. The van der Waals surface area contributed by atoms with E-state index in [2.05, 4.69) is 14.4 Å². The molecule has 9 nitrogen and oxygen atoms in total. The molecule has 0 radical (unpaired) electrons. The predicted molar refractivity (Wildman–Crippen MR) is 127 cm³/mol. The van der Waals surface area contributed by atoms with Crippen LogP contribution in [0.15, 0.2) is 56.7 Å². The van der Waals surface area contributed by atoms with E-state index in [0.29, 0.717) is 17.9 Å². The van der Waals surface area contributed by atoms with Gasteiger partial charge in [0, 0.05) is 38.7 Å². The van der Waals surface area contributed by atoms with Gasteiger partial charge in [0.15, 0.2) is 0 Å². The molecule has 11 heteroatoms. The van der Waals surface area contributed by atoms with Crippen LogP contribution in [0.1, 0.15) is 30.4 Å². The Morgan fingerprint density at radius 2 is 1.67 bits per heavy atom. The second kappa shape index (κ2) is 10.0. The molecule has 0 unspecified atom stereocenters. The first-order valence-corrected chi connectivity index (χ1v) is 13.4. The van der Waals surface area contributed by atoms with Gasteiger partial charge in [-0.05, 0) is 67.8 Å². The smallest absolute Gasteiger partial charge is 0.283 e. The normalized spacial score (nSPS) is 15.7. The Bertz CT molecular complexity index is 1270. The lowest BCUT2D eigenvalue weighted by Gasteiger charge is -2.11. The number of likely N-dealkylation sites (tertiary alicyclic amines) is 1. The number of aryl methyl sites for hydroxylation is 2. The van der Waals surface area contributed by atoms with Crippen LogP contribution < -0.4 is 10.0 Å². The molecule has 1 saturated heterocycles. The maximum Gasteiger partial charge on any atom is 0.283 e. The van der Waals surface area contributed by atoms with Gasteiger partial charge in [0.1, 0.15) is 5.84 Å². The third-order valence-electron chi connectivity index (χ3n) is 5.43. The zero-order valence-electron chi connectivity index (χ0n) is 18.8. The molecule has 2 aromatic carbocycles. The van der Waals surface area contributed by atoms with Crippen molar-refractivity contribution >= 4 is 37.5 Å². The molecule has 2 aromatic rings. The Kier molecular flexibility index (Phi) is 7.55. The molecule has 2 N–H and O–H groups in total. The molecule has 0 spiro atoms. The minimum atomic E-state index is -3.83. The van der Waals surface area contributed by atoms with Crippen molar-refractivity contribution in [1.82, 2.24) is 9.62 Å². The van der Waals surface area contributed by atoms with E-state index in [1.807, 2.05) is 25.8 Å². The minimum Gasteiger partial charge on any atom is -0.362 e. The van der Waals surface area contributed by atoms with Gasteiger partial charge in [-0.2, -0.15) is 8.42 Å². The molecular weight excluding hydrogens is 464 g/mol. The molecule has 0 aliphatic carbocycles. The van der Waals surface area contributed by atoms with Crippen molar-refractivity contribution in [3.8, 4) is 0 Å².